The molecule has 2 N–H and O–H groups in total. The number of hydrogen-bond acceptors (Lipinski definition) is 2. The molecule has 98 valence electrons. The van der Waals surface area contributed by atoms with Crippen molar-refractivity contribution >= 4 is 11.9 Å². The van der Waals surface area contributed by atoms with Crippen LogP contribution in [0.25, 0.3) is 0 Å². The van der Waals surface area contributed by atoms with Crippen LogP contribution in [0.1, 0.15) is 29.3 Å². The second-order valence-electron chi connectivity index (χ2n) is 3.83. The number of carbonyl (C=O) groups is 2. The number of nitrogens with one attached hydrogen (secondary N) is 1. The van der Waals surface area contributed by atoms with Crippen molar-refractivity contribution in [2.45, 2.75) is 26.3 Å². The van der Waals surface area contributed by atoms with E-state index in [0.717, 1.165) is 6.07 Å². The molecule has 4 nitrogen and oxygen atoms in total. The average molecular weight is 257 g/mol. The highest BCUT2D eigenvalue weighted by molar-refractivity contribution is 5.97. The van der Waals surface area contributed by atoms with Crippen molar-refractivity contribution < 1.29 is 23.5 Å². The number of carboxylic acid groups (broad SMARTS) is 1. The zero-order valence-electron chi connectivity index (χ0n) is 9.96. The molecule has 0 radical (unpaired) electrons. The topological polar surface area (TPSA) is 66.4 Å². The second-order valence-corrected chi connectivity index (χ2v) is 3.83. The molecule has 0 aliphatic heterocycles. The number of carbonyl (C=O) groups excluding carboxylic acids is 1. The van der Waals surface area contributed by atoms with Crippen LogP contribution in [0.3, 0.4) is 0 Å². The van der Waals surface area contributed by atoms with E-state index >= 15 is 0 Å². The van der Waals surface area contributed by atoms with E-state index < -0.39 is 35.1 Å². The lowest BCUT2D eigenvalue weighted by molar-refractivity contribution is -0.139. The van der Waals surface area contributed by atoms with Gasteiger partial charge in [0.2, 0.25) is 0 Å². The van der Waals surface area contributed by atoms with Gasteiger partial charge in [-0.1, -0.05) is 13.0 Å². The number of amides is 1. The maximum Gasteiger partial charge on any atom is 0.326 e. The first-order valence-electron chi connectivity index (χ1n) is 5.36. The summed E-state index contributed by atoms with van der Waals surface area (Å²) >= 11 is 0. The van der Waals surface area contributed by atoms with Crippen LogP contribution in [-0.2, 0) is 4.79 Å². The smallest absolute Gasteiger partial charge is 0.326 e. The highest BCUT2D eigenvalue weighted by Gasteiger charge is 2.24. The monoisotopic (exact) mass is 257 g/mol. The van der Waals surface area contributed by atoms with Crippen molar-refractivity contribution in [3.8, 4) is 0 Å². The predicted octanol–water partition coefficient (Wildman–Crippen LogP) is 1.87. The van der Waals surface area contributed by atoms with E-state index in [4.69, 9.17) is 5.11 Å². The zero-order valence-corrected chi connectivity index (χ0v) is 9.96. The van der Waals surface area contributed by atoms with Crippen LogP contribution < -0.4 is 5.32 Å². The van der Waals surface area contributed by atoms with Gasteiger partial charge in [-0.05, 0) is 25.0 Å². The number of aryl methyl sites for hydroxylation is 1. The van der Waals surface area contributed by atoms with Crippen molar-refractivity contribution in [2.75, 3.05) is 0 Å². The Morgan fingerprint density at radius 3 is 2.50 bits per heavy atom. The molecular weight excluding hydrogens is 244 g/mol. The van der Waals surface area contributed by atoms with Gasteiger partial charge in [0.05, 0.1) is 0 Å². The number of aliphatic carboxylic acids is 1. The minimum absolute atomic E-state index is 0.116. The molecule has 0 saturated heterocycles. The standard InChI is InChI=1S/C12H13F2NO3/c1-3-8(12(17)18)15-11(16)9-7(13)5-4-6(2)10(9)14/h4-5,8H,3H2,1-2H3,(H,15,16)(H,17,18). The van der Waals surface area contributed by atoms with Crippen LogP contribution in [0, 0.1) is 18.6 Å². The van der Waals surface area contributed by atoms with Crippen LogP contribution >= 0.6 is 0 Å². The van der Waals surface area contributed by atoms with E-state index in [0.29, 0.717) is 0 Å². The Kier molecular flexibility index (Phi) is 4.36. The van der Waals surface area contributed by atoms with Crippen molar-refractivity contribution in [3.63, 3.8) is 0 Å². The molecule has 1 aromatic carbocycles. The van der Waals surface area contributed by atoms with Gasteiger partial charge in [-0.3, -0.25) is 4.79 Å². The molecule has 18 heavy (non-hydrogen) atoms. The molecule has 1 rings (SSSR count). The summed E-state index contributed by atoms with van der Waals surface area (Å²) in [7, 11) is 0. The lowest BCUT2D eigenvalue weighted by atomic mass is 10.1. The fourth-order valence-corrected chi connectivity index (χ4v) is 1.43. The third-order valence-corrected chi connectivity index (χ3v) is 2.52. The first-order chi connectivity index (χ1) is 8.38. The van der Waals surface area contributed by atoms with Gasteiger partial charge in [-0.15, -0.1) is 0 Å². The Morgan fingerprint density at radius 2 is 2.00 bits per heavy atom. The van der Waals surface area contributed by atoms with E-state index in [1.165, 1.54) is 13.0 Å². The fraction of sp³-hybridized carbons (Fsp3) is 0.333. The van der Waals surface area contributed by atoms with Gasteiger partial charge >= 0.3 is 5.97 Å². The molecule has 0 saturated carbocycles. The van der Waals surface area contributed by atoms with E-state index in [-0.39, 0.29) is 12.0 Å². The molecule has 0 fully saturated rings. The summed E-state index contributed by atoms with van der Waals surface area (Å²) in [4.78, 5) is 22.4. The van der Waals surface area contributed by atoms with Crippen LogP contribution in [0.15, 0.2) is 12.1 Å². The number of halogens is 2. The number of benzene rings is 1. The molecule has 0 aliphatic rings. The minimum Gasteiger partial charge on any atom is -0.480 e. The summed E-state index contributed by atoms with van der Waals surface area (Å²) in [5.41, 5.74) is -0.639. The third kappa shape index (κ3) is 2.82. The Morgan fingerprint density at radius 1 is 1.39 bits per heavy atom. The molecule has 1 unspecified atom stereocenters. The summed E-state index contributed by atoms with van der Waals surface area (Å²) < 4.78 is 27.0. The molecule has 0 aliphatic carbocycles. The van der Waals surface area contributed by atoms with E-state index in [2.05, 4.69) is 5.32 Å². The lowest BCUT2D eigenvalue weighted by Crippen LogP contribution is -2.41. The number of hydrogen-bond donors (Lipinski definition) is 2. The maximum absolute atomic E-state index is 13.6. The molecule has 0 aromatic heterocycles. The number of rotatable bonds is 4. The zero-order chi connectivity index (χ0) is 13.9. The van der Waals surface area contributed by atoms with Crippen molar-refractivity contribution in [3.05, 3.63) is 34.9 Å². The van der Waals surface area contributed by atoms with Crippen molar-refractivity contribution in [2.24, 2.45) is 0 Å². The Balaban J connectivity index is 3.05. The van der Waals surface area contributed by atoms with Gasteiger partial charge in [0.25, 0.3) is 5.91 Å². The second kappa shape index (κ2) is 5.57. The van der Waals surface area contributed by atoms with E-state index in [9.17, 15) is 18.4 Å². The Hall–Kier alpha value is -1.98. The highest BCUT2D eigenvalue weighted by Crippen LogP contribution is 2.16. The van der Waals surface area contributed by atoms with Crippen LogP contribution in [0.2, 0.25) is 0 Å². The highest BCUT2D eigenvalue weighted by atomic mass is 19.1. The Labute approximate surface area is 103 Å². The first-order valence-corrected chi connectivity index (χ1v) is 5.36. The van der Waals surface area contributed by atoms with Crippen LogP contribution in [0.5, 0.6) is 0 Å². The van der Waals surface area contributed by atoms with E-state index in [1.807, 2.05) is 0 Å². The van der Waals surface area contributed by atoms with Gasteiger partial charge in [0.15, 0.2) is 0 Å². The summed E-state index contributed by atoms with van der Waals surface area (Å²) in [6.45, 7) is 2.93. The summed E-state index contributed by atoms with van der Waals surface area (Å²) in [6, 6.07) is 1.00. The van der Waals surface area contributed by atoms with Gasteiger partial charge in [-0.2, -0.15) is 0 Å². The van der Waals surface area contributed by atoms with Crippen LogP contribution in [0.4, 0.5) is 8.78 Å². The quantitative estimate of drug-likeness (QED) is 0.865. The number of carboxylic acids is 1. The Bertz CT molecular complexity index is 488. The lowest BCUT2D eigenvalue weighted by Gasteiger charge is -2.13. The third-order valence-electron chi connectivity index (χ3n) is 2.52. The molecule has 0 heterocycles. The molecule has 1 amide bonds. The molecular formula is C12H13F2NO3. The van der Waals surface area contributed by atoms with Crippen molar-refractivity contribution in [1.82, 2.24) is 5.32 Å². The van der Waals surface area contributed by atoms with E-state index in [1.54, 1.807) is 6.92 Å². The molecule has 1 atom stereocenters. The molecule has 0 bridgehead atoms. The van der Waals surface area contributed by atoms with Crippen LogP contribution in [-0.4, -0.2) is 23.0 Å². The summed E-state index contributed by atoms with van der Waals surface area (Å²) in [5, 5.41) is 10.8. The van der Waals surface area contributed by atoms with Gasteiger partial charge in [0.1, 0.15) is 23.2 Å². The van der Waals surface area contributed by atoms with Gasteiger partial charge in [-0.25, -0.2) is 13.6 Å². The van der Waals surface area contributed by atoms with Gasteiger partial charge < -0.3 is 10.4 Å². The average Bonchev–Trinajstić information content (AvgIpc) is 2.31. The molecule has 1 aromatic rings. The van der Waals surface area contributed by atoms with Crippen molar-refractivity contribution in [1.29, 1.82) is 0 Å². The molecule has 0 spiro atoms. The SMILES string of the molecule is CCC(NC(=O)c1c(F)ccc(C)c1F)C(=O)O. The molecule has 6 heteroatoms. The first kappa shape index (κ1) is 14.1. The minimum atomic E-state index is -1.25. The summed E-state index contributed by atoms with van der Waals surface area (Å²) in [5.74, 6) is -4.31. The predicted molar refractivity (Wildman–Crippen MR) is 60.3 cm³/mol. The van der Waals surface area contributed by atoms with Gasteiger partial charge in [0, 0.05) is 0 Å². The summed E-state index contributed by atoms with van der Waals surface area (Å²) in [6.07, 6.45) is 0.121. The fourth-order valence-electron chi connectivity index (χ4n) is 1.43. The normalized spacial score (nSPS) is 12.0. The maximum atomic E-state index is 13.6. The largest absolute Gasteiger partial charge is 0.480 e.